The molecule has 0 saturated carbocycles. The van der Waals surface area contributed by atoms with E-state index in [1.54, 1.807) is 48.5 Å². The van der Waals surface area contributed by atoms with E-state index in [1.807, 2.05) is 0 Å². The second-order valence-corrected chi connectivity index (χ2v) is 7.53. The molecule has 0 atom stereocenters. The van der Waals surface area contributed by atoms with E-state index >= 15 is 0 Å². The average Bonchev–Trinajstić information content (AvgIpc) is 3.13. The van der Waals surface area contributed by atoms with E-state index in [0.717, 1.165) is 0 Å². The van der Waals surface area contributed by atoms with Crippen molar-refractivity contribution in [3.05, 3.63) is 78.1 Å². The van der Waals surface area contributed by atoms with Gasteiger partial charge < -0.3 is 4.74 Å². The lowest BCUT2D eigenvalue weighted by Crippen LogP contribution is -2.11. The first-order chi connectivity index (χ1) is 13.2. The summed E-state index contributed by atoms with van der Waals surface area (Å²) in [6, 6.07) is 13.4. The van der Waals surface area contributed by atoms with Gasteiger partial charge in [0.1, 0.15) is 18.2 Å². The molecular weight excluding hydrogens is 385 g/mol. The highest BCUT2D eigenvalue weighted by molar-refractivity contribution is 8.00. The fourth-order valence-electron chi connectivity index (χ4n) is 2.10. The highest BCUT2D eigenvalue weighted by atomic mass is 32.2. The number of amides is 1. The second kappa shape index (κ2) is 9.29. The van der Waals surface area contributed by atoms with Crippen LogP contribution < -0.4 is 10.1 Å². The summed E-state index contributed by atoms with van der Waals surface area (Å²) in [5.41, 5.74) is 1.08. The predicted octanol–water partition coefficient (Wildman–Crippen LogP) is 4.79. The molecule has 0 aliphatic rings. The van der Waals surface area contributed by atoms with Gasteiger partial charge in [0.15, 0.2) is 4.34 Å². The molecule has 8 heteroatoms. The SMILES string of the molecule is C=CCOc1ccc(C(=O)Nc2nnc(SCc3ccccc3F)s2)cc1. The summed E-state index contributed by atoms with van der Waals surface area (Å²) in [7, 11) is 0. The Morgan fingerprint density at radius 2 is 2.00 bits per heavy atom. The maximum atomic E-state index is 13.6. The van der Waals surface area contributed by atoms with Crippen LogP contribution in [0.5, 0.6) is 5.75 Å². The number of anilines is 1. The molecule has 3 aromatic rings. The van der Waals surface area contributed by atoms with Crippen LogP contribution in [0, 0.1) is 5.82 Å². The topological polar surface area (TPSA) is 64.1 Å². The van der Waals surface area contributed by atoms with Crippen molar-refractivity contribution in [2.45, 2.75) is 10.1 Å². The van der Waals surface area contributed by atoms with Crippen LogP contribution in [0.15, 0.2) is 65.5 Å². The number of nitrogens with one attached hydrogen (secondary N) is 1. The molecule has 0 fully saturated rings. The fourth-order valence-corrected chi connectivity index (χ4v) is 3.83. The van der Waals surface area contributed by atoms with Crippen molar-refractivity contribution in [2.24, 2.45) is 0 Å². The number of aromatic nitrogens is 2. The Morgan fingerprint density at radius 1 is 1.22 bits per heavy atom. The molecule has 1 aromatic heterocycles. The van der Waals surface area contributed by atoms with Crippen molar-refractivity contribution < 1.29 is 13.9 Å². The molecule has 0 saturated heterocycles. The smallest absolute Gasteiger partial charge is 0.257 e. The number of thioether (sulfide) groups is 1. The van der Waals surface area contributed by atoms with Crippen LogP contribution >= 0.6 is 23.1 Å². The molecule has 27 heavy (non-hydrogen) atoms. The molecule has 138 valence electrons. The summed E-state index contributed by atoms with van der Waals surface area (Å²) in [5, 5.41) is 11.1. The zero-order valence-corrected chi connectivity index (χ0v) is 15.9. The standard InChI is InChI=1S/C19H16FN3O2S2/c1-2-11-25-15-9-7-13(8-10-15)17(24)21-18-22-23-19(27-18)26-12-14-5-3-4-6-16(14)20/h2-10H,1,11-12H2,(H,21,22,24). The molecule has 3 rings (SSSR count). The summed E-state index contributed by atoms with van der Waals surface area (Å²) < 4.78 is 19.7. The predicted molar refractivity (Wildman–Crippen MR) is 106 cm³/mol. The number of rotatable bonds is 8. The normalized spacial score (nSPS) is 10.4. The van der Waals surface area contributed by atoms with E-state index in [1.165, 1.54) is 29.2 Å². The van der Waals surface area contributed by atoms with E-state index in [-0.39, 0.29) is 11.7 Å². The van der Waals surface area contributed by atoms with Crippen LogP contribution in [0.4, 0.5) is 9.52 Å². The van der Waals surface area contributed by atoms with Crippen molar-refractivity contribution in [3.8, 4) is 5.75 Å². The molecule has 0 spiro atoms. The van der Waals surface area contributed by atoms with Crippen LogP contribution in [0.3, 0.4) is 0 Å². The molecule has 1 N–H and O–H groups in total. The molecule has 5 nitrogen and oxygen atoms in total. The number of hydrogen-bond donors (Lipinski definition) is 1. The van der Waals surface area contributed by atoms with Gasteiger partial charge in [-0.2, -0.15) is 0 Å². The number of carbonyl (C=O) groups is 1. The maximum absolute atomic E-state index is 13.6. The Balaban J connectivity index is 1.56. The molecule has 1 heterocycles. The Morgan fingerprint density at radius 3 is 2.74 bits per heavy atom. The lowest BCUT2D eigenvalue weighted by atomic mass is 10.2. The second-order valence-electron chi connectivity index (χ2n) is 5.33. The summed E-state index contributed by atoms with van der Waals surface area (Å²) >= 11 is 2.62. The molecule has 0 bridgehead atoms. The van der Waals surface area contributed by atoms with Gasteiger partial charge in [-0.25, -0.2) is 4.39 Å². The number of ether oxygens (including phenoxy) is 1. The van der Waals surface area contributed by atoms with E-state index in [2.05, 4.69) is 22.1 Å². The zero-order chi connectivity index (χ0) is 19.1. The first-order valence-electron chi connectivity index (χ1n) is 8.00. The Kier molecular flexibility index (Phi) is 6.56. The summed E-state index contributed by atoms with van der Waals surface area (Å²) in [6.07, 6.45) is 1.65. The summed E-state index contributed by atoms with van der Waals surface area (Å²) in [6.45, 7) is 3.99. The summed E-state index contributed by atoms with van der Waals surface area (Å²) in [4.78, 5) is 12.3. The van der Waals surface area contributed by atoms with Crippen LogP contribution in [0.1, 0.15) is 15.9 Å². The molecule has 0 aliphatic heterocycles. The first kappa shape index (κ1) is 19.1. The fraction of sp³-hybridized carbons (Fsp3) is 0.105. The Hall–Kier alpha value is -2.71. The number of nitrogens with zero attached hydrogens (tertiary/aromatic N) is 2. The van der Waals surface area contributed by atoms with Gasteiger partial charge in [-0.05, 0) is 35.9 Å². The molecule has 0 aliphatic carbocycles. The van der Waals surface area contributed by atoms with E-state index < -0.39 is 0 Å². The third-order valence-corrected chi connectivity index (χ3v) is 5.44. The average molecular weight is 401 g/mol. The van der Waals surface area contributed by atoms with Crippen molar-refractivity contribution in [1.29, 1.82) is 0 Å². The van der Waals surface area contributed by atoms with Crippen LogP contribution in [-0.2, 0) is 5.75 Å². The van der Waals surface area contributed by atoms with Crippen LogP contribution in [-0.4, -0.2) is 22.7 Å². The van der Waals surface area contributed by atoms with Gasteiger partial charge in [0.2, 0.25) is 5.13 Å². The highest BCUT2D eigenvalue weighted by Gasteiger charge is 2.11. The maximum Gasteiger partial charge on any atom is 0.257 e. The molecule has 2 aromatic carbocycles. The third-order valence-electron chi connectivity index (χ3n) is 3.42. The van der Waals surface area contributed by atoms with Crippen molar-refractivity contribution >= 4 is 34.1 Å². The first-order valence-corrected chi connectivity index (χ1v) is 9.81. The van der Waals surface area contributed by atoms with Gasteiger partial charge in [0.25, 0.3) is 5.91 Å². The Labute approximate surface area is 164 Å². The largest absolute Gasteiger partial charge is 0.490 e. The molecule has 1 amide bonds. The number of benzene rings is 2. The van der Waals surface area contributed by atoms with Crippen molar-refractivity contribution in [2.75, 3.05) is 11.9 Å². The molecular formula is C19H16FN3O2S2. The van der Waals surface area contributed by atoms with E-state index in [4.69, 9.17) is 4.74 Å². The van der Waals surface area contributed by atoms with Gasteiger partial charge in [0.05, 0.1) is 0 Å². The zero-order valence-electron chi connectivity index (χ0n) is 14.2. The van der Waals surface area contributed by atoms with Crippen molar-refractivity contribution in [3.63, 3.8) is 0 Å². The van der Waals surface area contributed by atoms with Crippen molar-refractivity contribution in [1.82, 2.24) is 10.2 Å². The minimum atomic E-state index is -0.285. The van der Waals surface area contributed by atoms with E-state index in [9.17, 15) is 9.18 Å². The van der Waals surface area contributed by atoms with E-state index in [0.29, 0.717) is 38.7 Å². The van der Waals surface area contributed by atoms with Gasteiger partial charge in [-0.15, -0.1) is 10.2 Å². The number of carbonyl (C=O) groups excluding carboxylic acids is 1. The minimum Gasteiger partial charge on any atom is -0.490 e. The molecule has 0 unspecified atom stereocenters. The van der Waals surface area contributed by atoms with Crippen LogP contribution in [0.2, 0.25) is 0 Å². The quantitative estimate of drug-likeness (QED) is 0.334. The lowest BCUT2D eigenvalue weighted by Gasteiger charge is -2.04. The monoisotopic (exact) mass is 401 g/mol. The van der Waals surface area contributed by atoms with Gasteiger partial charge >= 0.3 is 0 Å². The molecule has 0 radical (unpaired) electrons. The lowest BCUT2D eigenvalue weighted by molar-refractivity contribution is 0.102. The minimum absolute atomic E-state index is 0.247. The van der Waals surface area contributed by atoms with Crippen LogP contribution in [0.25, 0.3) is 0 Å². The number of hydrogen-bond acceptors (Lipinski definition) is 6. The highest BCUT2D eigenvalue weighted by Crippen LogP contribution is 2.29. The number of halogens is 1. The third kappa shape index (κ3) is 5.38. The Bertz CT molecular complexity index is 929. The van der Waals surface area contributed by atoms with Gasteiger partial charge in [-0.1, -0.05) is 54.0 Å². The van der Waals surface area contributed by atoms with Gasteiger partial charge in [-0.3, -0.25) is 10.1 Å². The summed E-state index contributed by atoms with van der Waals surface area (Å²) in [5.74, 6) is 0.575. The van der Waals surface area contributed by atoms with Gasteiger partial charge in [0, 0.05) is 11.3 Å².